The number of hydrogen-bond acceptors (Lipinski definition) is 7. The van der Waals surface area contributed by atoms with E-state index in [0.717, 1.165) is 62.4 Å². The molecule has 0 atom stereocenters. The summed E-state index contributed by atoms with van der Waals surface area (Å²) in [6.45, 7) is 8.22. The van der Waals surface area contributed by atoms with Gasteiger partial charge in [0.1, 0.15) is 23.2 Å². The molecule has 2 aromatic heterocycles. The number of thiocarbonyl (C=S) groups is 1. The molecule has 8 nitrogen and oxygen atoms in total. The molecule has 178 valence electrons. The fourth-order valence-electron chi connectivity index (χ4n) is 4.47. The number of rotatable bonds is 6. The maximum atomic E-state index is 5.61. The molecule has 2 aliphatic rings. The van der Waals surface area contributed by atoms with E-state index < -0.39 is 0 Å². The van der Waals surface area contributed by atoms with Crippen LogP contribution in [0, 0.1) is 6.92 Å². The topological polar surface area (TPSA) is 72.7 Å². The molecular weight excluding hydrogens is 446 g/mol. The predicted octanol–water partition coefficient (Wildman–Crippen LogP) is 3.79. The number of nitrogens with zero attached hydrogens (tertiary/aromatic N) is 5. The van der Waals surface area contributed by atoms with Crippen LogP contribution >= 0.6 is 12.2 Å². The summed E-state index contributed by atoms with van der Waals surface area (Å²) in [7, 11) is 0. The van der Waals surface area contributed by atoms with Gasteiger partial charge in [0.2, 0.25) is 5.95 Å². The smallest absolute Gasteiger partial charge is 0.232 e. The molecule has 4 heterocycles. The van der Waals surface area contributed by atoms with Crippen molar-refractivity contribution in [3.05, 3.63) is 60.1 Å². The number of furan rings is 1. The number of benzene rings is 1. The molecule has 2 aliphatic heterocycles. The van der Waals surface area contributed by atoms with Crippen LogP contribution in [0.5, 0.6) is 0 Å². The number of aryl methyl sites for hydroxylation is 1. The minimum atomic E-state index is 0.479. The van der Waals surface area contributed by atoms with Crippen molar-refractivity contribution in [1.82, 2.24) is 15.3 Å². The predicted molar refractivity (Wildman–Crippen MR) is 141 cm³/mol. The van der Waals surface area contributed by atoms with E-state index in [1.807, 2.05) is 19.1 Å². The summed E-state index contributed by atoms with van der Waals surface area (Å²) in [5.41, 5.74) is 1.27. The third kappa shape index (κ3) is 5.41. The molecule has 2 N–H and O–H groups in total. The van der Waals surface area contributed by atoms with E-state index >= 15 is 0 Å². The van der Waals surface area contributed by atoms with Gasteiger partial charge < -0.3 is 29.8 Å². The lowest BCUT2D eigenvalue weighted by atomic mass is 10.2. The lowest BCUT2D eigenvalue weighted by molar-refractivity contribution is 0.478. The lowest BCUT2D eigenvalue weighted by Gasteiger charge is -2.37. The van der Waals surface area contributed by atoms with Crippen LogP contribution in [0.1, 0.15) is 24.4 Å². The van der Waals surface area contributed by atoms with Gasteiger partial charge in [-0.2, -0.15) is 9.97 Å². The molecule has 34 heavy (non-hydrogen) atoms. The third-order valence-electron chi connectivity index (χ3n) is 6.30. The van der Waals surface area contributed by atoms with Crippen molar-refractivity contribution in [2.75, 3.05) is 59.3 Å². The van der Waals surface area contributed by atoms with Crippen LogP contribution in [0.25, 0.3) is 0 Å². The molecule has 0 radical (unpaired) electrons. The molecule has 9 heteroatoms. The SMILES string of the molecule is Cc1ccc(CNC(=S)Nc2nc(N3CCCC3)cc(N3CCN(c4ccccc4)CC3)n2)o1. The minimum absolute atomic E-state index is 0.479. The van der Waals surface area contributed by atoms with Crippen molar-refractivity contribution in [3.63, 3.8) is 0 Å². The highest BCUT2D eigenvalue weighted by Crippen LogP contribution is 2.26. The summed E-state index contributed by atoms with van der Waals surface area (Å²) in [6.07, 6.45) is 2.39. The second kappa shape index (κ2) is 10.3. The first-order valence-corrected chi connectivity index (χ1v) is 12.3. The van der Waals surface area contributed by atoms with E-state index in [0.29, 0.717) is 17.6 Å². The average molecular weight is 478 g/mol. The van der Waals surface area contributed by atoms with Gasteiger partial charge in [-0.3, -0.25) is 0 Å². The standard InChI is InChI=1S/C25H31N7OS/c1-19-9-10-21(33-19)18-26-25(34)29-24-27-22(31-11-5-6-12-31)17-23(28-24)32-15-13-30(14-16-32)20-7-3-2-4-8-20/h2-4,7-10,17H,5-6,11-16,18H2,1H3,(H2,26,27,28,29,34). The molecule has 2 fully saturated rings. The summed E-state index contributed by atoms with van der Waals surface area (Å²) in [5.74, 6) is 4.15. The van der Waals surface area contributed by atoms with Crippen LogP contribution in [0.2, 0.25) is 0 Å². The Hall–Kier alpha value is -3.33. The molecule has 3 aromatic rings. The van der Waals surface area contributed by atoms with E-state index in [1.165, 1.54) is 18.5 Å². The van der Waals surface area contributed by atoms with E-state index in [9.17, 15) is 0 Å². The van der Waals surface area contributed by atoms with Crippen molar-refractivity contribution in [2.45, 2.75) is 26.3 Å². The summed E-state index contributed by atoms with van der Waals surface area (Å²) in [6, 6.07) is 16.6. The molecule has 5 rings (SSSR count). The Morgan fingerprint density at radius 3 is 2.18 bits per heavy atom. The quantitative estimate of drug-likeness (QED) is 0.516. The first-order chi connectivity index (χ1) is 16.6. The van der Waals surface area contributed by atoms with Gasteiger partial charge in [-0.1, -0.05) is 18.2 Å². The highest BCUT2D eigenvalue weighted by Gasteiger charge is 2.22. The number of piperazine rings is 1. The Bertz CT molecular complexity index is 1110. The van der Waals surface area contributed by atoms with Crippen LogP contribution in [0.3, 0.4) is 0 Å². The largest absolute Gasteiger partial charge is 0.465 e. The van der Waals surface area contributed by atoms with E-state index in [1.54, 1.807) is 0 Å². The van der Waals surface area contributed by atoms with Crippen LogP contribution in [0.4, 0.5) is 23.3 Å². The molecule has 0 spiro atoms. The summed E-state index contributed by atoms with van der Waals surface area (Å²) < 4.78 is 5.61. The van der Waals surface area contributed by atoms with Crippen LogP contribution in [0.15, 0.2) is 52.9 Å². The van der Waals surface area contributed by atoms with Crippen molar-refractivity contribution >= 4 is 40.6 Å². The molecule has 2 saturated heterocycles. The van der Waals surface area contributed by atoms with Gasteiger partial charge in [-0.25, -0.2) is 0 Å². The Labute approximate surface area is 206 Å². The summed E-state index contributed by atoms with van der Waals surface area (Å²) in [4.78, 5) is 16.7. The molecular formula is C25H31N7OS. The Morgan fingerprint density at radius 1 is 0.882 bits per heavy atom. The maximum Gasteiger partial charge on any atom is 0.232 e. The average Bonchev–Trinajstić information content (AvgIpc) is 3.55. The molecule has 0 saturated carbocycles. The van der Waals surface area contributed by atoms with Crippen LogP contribution in [-0.2, 0) is 6.54 Å². The Morgan fingerprint density at radius 2 is 1.53 bits per heavy atom. The zero-order chi connectivity index (χ0) is 23.3. The maximum absolute atomic E-state index is 5.61. The zero-order valence-electron chi connectivity index (χ0n) is 19.5. The lowest BCUT2D eigenvalue weighted by Crippen LogP contribution is -2.47. The Kier molecular flexibility index (Phi) is 6.80. The number of hydrogen-bond donors (Lipinski definition) is 2. The van der Waals surface area contributed by atoms with Gasteiger partial charge in [0.15, 0.2) is 5.11 Å². The van der Waals surface area contributed by atoms with Crippen molar-refractivity contribution in [3.8, 4) is 0 Å². The van der Waals surface area contributed by atoms with E-state index in [4.69, 9.17) is 26.6 Å². The Balaban J connectivity index is 1.28. The second-order valence-corrected chi connectivity index (χ2v) is 9.14. The van der Waals surface area contributed by atoms with Gasteiger partial charge in [-0.05, 0) is 56.2 Å². The molecule has 0 amide bonds. The number of anilines is 4. The molecule has 1 aromatic carbocycles. The zero-order valence-corrected chi connectivity index (χ0v) is 20.4. The normalized spacial score (nSPS) is 16.1. The monoisotopic (exact) mass is 477 g/mol. The van der Waals surface area contributed by atoms with Crippen LogP contribution in [-0.4, -0.2) is 54.3 Å². The van der Waals surface area contributed by atoms with Gasteiger partial charge in [0.25, 0.3) is 0 Å². The number of aromatic nitrogens is 2. The van der Waals surface area contributed by atoms with Gasteiger partial charge in [-0.15, -0.1) is 0 Å². The van der Waals surface area contributed by atoms with Gasteiger partial charge in [0, 0.05) is 51.0 Å². The fourth-order valence-corrected chi connectivity index (χ4v) is 4.64. The minimum Gasteiger partial charge on any atom is -0.465 e. The molecule has 0 unspecified atom stereocenters. The highest BCUT2D eigenvalue weighted by atomic mass is 32.1. The first-order valence-electron chi connectivity index (χ1n) is 11.9. The second-order valence-electron chi connectivity index (χ2n) is 8.73. The van der Waals surface area contributed by atoms with Gasteiger partial charge in [0.05, 0.1) is 6.54 Å². The van der Waals surface area contributed by atoms with Crippen molar-refractivity contribution in [1.29, 1.82) is 0 Å². The summed E-state index contributed by atoms with van der Waals surface area (Å²) >= 11 is 5.51. The fraction of sp³-hybridized carbons (Fsp3) is 0.400. The highest BCUT2D eigenvalue weighted by molar-refractivity contribution is 7.80. The summed E-state index contributed by atoms with van der Waals surface area (Å²) in [5, 5.41) is 6.85. The third-order valence-corrected chi connectivity index (χ3v) is 6.55. The van der Waals surface area contributed by atoms with Gasteiger partial charge >= 0.3 is 0 Å². The first kappa shape index (κ1) is 22.5. The van der Waals surface area contributed by atoms with Crippen LogP contribution < -0.4 is 25.3 Å². The van der Waals surface area contributed by atoms with Crippen molar-refractivity contribution < 1.29 is 4.42 Å². The van der Waals surface area contributed by atoms with Crippen molar-refractivity contribution in [2.24, 2.45) is 0 Å². The molecule has 0 bridgehead atoms. The molecule has 0 aliphatic carbocycles. The van der Waals surface area contributed by atoms with E-state index in [2.05, 4.69) is 61.7 Å². The number of nitrogens with one attached hydrogen (secondary N) is 2. The van der Waals surface area contributed by atoms with E-state index in [-0.39, 0.29) is 0 Å². The number of para-hydroxylation sites is 1.